The van der Waals surface area contributed by atoms with Gasteiger partial charge in [0.25, 0.3) is 5.56 Å². The van der Waals surface area contributed by atoms with E-state index in [1.807, 2.05) is 27.7 Å². The van der Waals surface area contributed by atoms with Crippen molar-refractivity contribution in [3.63, 3.8) is 0 Å². The quantitative estimate of drug-likeness (QED) is 0.798. The molecule has 0 aliphatic heterocycles. The molecule has 27 heavy (non-hydrogen) atoms. The smallest absolute Gasteiger partial charge is 0.329 e. The van der Waals surface area contributed by atoms with Crippen LogP contribution in [0.15, 0.2) is 34.9 Å². The van der Waals surface area contributed by atoms with Crippen LogP contribution in [0.1, 0.15) is 61.3 Å². The number of ether oxygens (including phenoxy) is 1. The highest BCUT2D eigenvalue weighted by atomic mass is 16.5. The van der Waals surface area contributed by atoms with Crippen LogP contribution in [0.3, 0.4) is 0 Å². The molecule has 0 aromatic carbocycles. The van der Waals surface area contributed by atoms with Crippen molar-refractivity contribution in [3.8, 4) is 0 Å². The number of allylic oxidation sites excluding steroid dienone is 1. The molecule has 0 spiro atoms. The molecule has 5 heteroatoms. The Morgan fingerprint density at radius 2 is 1.81 bits per heavy atom. The topological polar surface area (TPSA) is 64.1 Å². The molecular formula is C22H34N2O3. The predicted molar refractivity (Wildman–Crippen MR) is 113 cm³/mol. The van der Waals surface area contributed by atoms with Gasteiger partial charge in [-0.3, -0.25) is 9.36 Å². The average Bonchev–Trinajstić information content (AvgIpc) is 2.52. The molecule has 1 heterocycles. The molecule has 1 atom stereocenters. The fraction of sp³-hybridized carbons (Fsp3) is 0.545. The van der Waals surface area contributed by atoms with E-state index < -0.39 is 11.2 Å². The van der Waals surface area contributed by atoms with Gasteiger partial charge in [-0.1, -0.05) is 46.9 Å². The Kier molecular flexibility index (Phi) is 7.24. The summed E-state index contributed by atoms with van der Waals surface area (Å²) >= 11 is 0. The molecule has 0 aliphatic carbocycles. The Morgan fingerprint density at radius 3 is 2.26 bits per heavy atom. The summed E-state index contributed by atoms with van der Waals surface area (Å²) in [6.07, 6.45) is 6.03. The van der Waals surface area contributed by atoms with Crippen LogP contribution in [0.2, 0.25) is 0 Å². The number of nitrogens with one attached hydrogen (secondary N) is 1. The second kappa shape index (κ2) is 8.59. The molecule has 0 bridgehead atoms. The van der Waals surface area contributed by atoms with E-state index in [1.165, 1.54) is 16.7 Å². The van der Waals surface area contributed by atoms with E-state index in [9.17, 15) is 9.59 Å². The first-order valence-electron chi connectivity index (χ1n) is 9.40. The van der Waals surface area contributed by atoms with Gasteiger partial charge in [-0.15, -0.1) is 0 Å². The summed E-state index contributed by atoms with van der Waals surface area (Å²) in [5, 5.41) is 0.674. The van der Waals surface area contributed by atoms with Gasteiger partial charge in [0.05, 0.1) is 16.7 Å². The van der Waals surface area contributed by atoms with Crippen LogP contribution in [0.4, 0.5) is 0 Å². The van der Waals surface area contributed by atoms with Gasteiger partial charge < -0.3 is 9.72 Å². The highest BCUT2D eigenvalue weighted by molar-refractivity contribution is 5.48. The fourth-order valence-electron chi connectivity index (χ4n) is 3.45. The minimum absolute atomic E-state index is 0.0472. The number of H-pyrrole nitrogens is 1. The normalized spacial score (nSPS) is 15.3. The maximum atomic E-state index is 13.3. The predicted octanol–water partition coefficient (Wildman–Crippen LogP) is 2.78. The zero-order valence-corrected chi connectivity index (χ0v) is 17.8. The second-order valence-electron chi connectivity index (χ2n) is 8.72. The standard InChI is InChI=1S/C22H34N2O3/c1-10-13-16-18(17(12-3)27-15(4)11-2)23-20(26)24(19(16)25)22(8,9)14-21(5,6)7/h10,12-13,15H,1,3,11,14H2,2,4-9H3,(H,23,26)/b16-13+,18-17-. The van der Waals surface area contributed by atoms with Crippen LogP contribution in [-0.2, 0) is 10.3 Å². The van der Waals surface area contributed by atoms with Gasteiger partial charge in [0.1, 0.15) is 5.76 Å². The molecule has 1 N–H and O–H groups in total. The van der Waals surface area contributed by atoms with E-state index in [0.29, 0.717) is 22.7 Å². The highest BCUT2D eigenvalue weighted by Crippen LogP contribution is 2.30. The Balaban J connectivity index is 3.95. The van der Waals surface area contributed by atoms with Crippen molar-refractivity contribution in [2.45, 2.75) is 73.0 Å². The monoisotopic (exact) mass is 374 g/mol. The van der Waals surface area contributed by atoms with Crippen LogP contribution in [0, 0.1) is 5.41 Å². The van der Waals surface area contributed by atoms with Gasteiger partial charge in [-0.2, -0.15) is 0 Å². The Morgan fingerprint density at radius 1 is 1.22 bits per heavy atom. The van der Waals surface area contributed by atoms with Crippen molar-refractivity contribution in [1.82, 2.24) is 9.55 Å². The zero-order chi connectivity index (χ0) is 21.0. The van der Waals surface area contributed by atoms with Crippen molar-refractivity contribution >= 4 is 11.8 Å². The van der Waals surface area contributed by atoms with Gasteiger partial charge in [0.2, 0.25) is 0 Å². The minimum Gasteiger partial charge on any atom is -0.489 e. The SMILES string of the molecule is C=C/C=c1/c(=O)n(C(C)(C)CC(C)(C)C)c(=O)[nH]/c1=C(/C=C)OC(C)CC. The van der Waals surface area contributed by atoms with Crippen molar-refractivity contribution in [1.29, 1.82) is 0 Å². The Hall–Kier alpha value is -2.30. The minimum atomic E-state index is -0.656. The molecule has 1 unspecified atom stereocenters. The van der Waals surface area contributed by atoms with Crippen LogP contribution >= 0.6 is 0 Å². The summed E-state index contributed by atoms with van der Waals surface area (Å²) in [5.41, 5.74) is -1.53. The number of hydrogen-bond acceptors (Lipinski definition) is 3. The zero-order valence-electron chi connectivity index (χ0n) is 17.8. The third-order valence-corrected chi connectivity index (χ3v) is 4.33. The second-order valence-corrected chi connectivity index (χ2v) is 8.72. The molecule has 0 aliphatic rings. The molecule has 0 amide bonds. The van der Waals surface area contributed by atoms with E-state index in [2.05, 4.69) is 38.9 Å². The molecule has 1 aromatic rings. The Labute approximate surface area is 161 Å². The first-order chi connectivity index (χ1) is 12.4. The largest absolute Gasteiger partial charge is 0.489 e. The van der Waals surface area contributed by atoms with Crippen molar-refractivity contribution < 1.29 is 4.74 Å². The summed E-state index contributed by atoms with van der Waals surface area (Å²) in [5.74, 6) is 0.382. The van der Waals surface area contributed by atoms with Gasteiger partial charge in [0, 0.05) is 5.54 Å². The number of aromatic amines is 1. The summed E-state index contributed by atoms with van der Waals surface area (Å²) in [6, 6.07) is 0. The summed E-state index contributed by atoms with van der Waals surface area (Å²) in [6.45, 7) is 21.5. The molecule has 150 valence electrons. The van der Waals surface area contributed by atoms with Gasteiger partial charge in [-0.05, 0) is 51.2 Å². The number of hydrogen-bond donors (Lipinski definition) is 1. The molecule has 5 nitrogen and oxygen atoms in total. The first kappa shape index (κ1) is 22.7. The molecular weight excluding hydrogens is 340 g/mol. The van der Waals surface area contributed by atoms with Gasteiger partial charge in [0.15, 0.2) is 0 Å². The van der Waals surface area contributed by atoms with Crippen LogP contribution in [0.25, 0.3) is 11.8 Å². The van der Waals surface area contributed by atoms with Crippen molar-refractivity contribution in [3.05, 3.63) is 56.7 Å². The van der Waals surface area contributed by atoms with E-state index >= 15 is 0 Å². The van der Waals surface area contributed by atoms with Gasteiger partial charge >= 0.3 is 5.69 Å². The lowest BCUT2D eigenvalue weighted by Gasteiger charge is -2.33. The highest BCUT2D eigenvalue weighted by Gasteiger charge is 2.30. The van der Waals surface area contributed by atoms with Crippen molar-refractivity contribution in [2.24, 2.45) is 5.41 Å². The van der Waals surface area contributed by atoms with E-state index in [1.54, 1.807) is 6.08 Å². The lowest BCUT2D eigenvalue weighted by Crippen LogP contribution is -2.59. The molecule has 1 rings (SSSR count). The lowest BCUT2D eigenvalue weighted by molar-refractivity contribution is 0.179. The lowest BCUT2D eigenvalue weighted by atomic mass is 9.81. The van der Waals surface area contributed by atoms with E-state index in [-0.39, 0.29) is 17.1 Å². The van der Waals surface area contributed by atoms with Crippen LogP contribution < -0.4 is 21.8 Å². The Bertz CT molecular complexity index is 924. The average molecular weight is 375 g/mol. The van der Waals surface area contributed by atoms with E-state index in [0.717, 1.165) is 6.42 Å². The molecule has 0 radical (unpaired) electrons. The fourth-order valence-corrected chi connectivity index (χ4v) is 3.45. The van der Waals surface area contributed by atoms with Gasteiger partial charge in [-0.25, -0.2) is 4.79 Å². The third kappa shape index (κ3) is 5.59. The molecule has 0 saturated heterocycles. The number of rotatable bonds is 7. The van der Waals surface area contributed by atoms with Crippen LogP contribution in [0.5, 0.6) is 0 Å². The summed E-state index contributed by atoms with van der Waals surface area (Å²) < 4.78 is 7.16. The maximum absolute atomic E-state index is 13.3. The maximum Gasteiger partial charge on any atom is 0.329 e. The number of aromatic nitrogens is 2. The molecule has 1 aromatic heterocycles. The summed E-state index contributed by atoms with van der Waals surface area (Å²) in [4.78, 5) is 29.0. The summed E-state index contributed by atoms with van der Waals surface area (Å²) in [7, 11) is 0. The van der Waals surface area contributed by atoms with Crippen molar-refractivity contribution in [2.75, 3.05) is 0 Å². The first-order valence-corrected chi connectivity index (χ1v) is 9.40. The number of nitrogens with zero attached hydrogens (tertiary/aromatic N) is 1. The molecule has 0 saturated carbocycles. The van der Waals surface area contributed by atoms with Crippen LogP contribution in [-0.4, -0.2) is 15.7 Å². The molecule has 0 fully saturated rings. The third-order valence-electron chi connectivity index (χ3n) is 4.33. The van der Waals surface area contributed by atoms with E-state index in [4.69, 9.17) is 4.74 Å².